The molecular formula is C21H16N4O4. The van der Waals surface area contributed by atoms with E-state index in [4.69, 9.17) is 9.15 Å². The van der Waals surface area contributed by atoms with Gasteiger partial charge in [0.2, 0.25) is 5.88 Å². The summed E-state index contributed by atoms with van der Waals surface area (Å²) in [5.74, 6) is -0.190. The van der Waals surface area contributed by atoms with Crippen molar-refractivity contribution in [2.24, 2.45) is 0 Å². The number of nitriles is 1. The van der Waals surface area contributed by atoms with Gasteiger partial charge >= 0.3 is 5.97 Å². The van der Waals surface area contributed by atoms with Crippen molar-refractivity contribution in [3.8, 4) is 12.0 Å². The number of hydrogen-bond acceptors (Lipinski definition) is 6. The number of carbonyl (C=O) groups is 1. The molecule has 0 aromatic carbocycles. The third-order valence-corrected chi connectivity index (χ3v) is 4.50. The number of carbonyl (C=O) groups excluding carboxylic acids is 1. The molecule has 4 rings (SSSR count). The minimum absolute atomic E-state index is 0.0598. The SMILES string of the molecule is Cc1oc(-n2cccc2)c(C#N)c1C(=O)OCc1cc(=O)n2c(C)cccc2n1. The minimum Gasteiger partial charge on any atom is -0.455 e. The third kappa shape index (κ3) is 3.19. The number of ether oxygens (including phenoxy) is 1. The maximum atomic E-state index is 12.7. The average molecular weight is 388 g/mol. The quantitative estimate of drug-likeness (QED) is 0.498. The number of rotatable bonds is 4. The van der Waals surface area contributed by atoms with Crippen LogP contribution in [0.2, 0.25) is 0 Å². The third-order valence-electron chi connectivity index (χ3n) is 4.50. The summed E-state index contributed by atoms with van der Waals surface area (Å²) < 4.78 is 14.0. The number of pyridine rings is 1. The van der Waals surface area contributed by atoms with Crippen molar-refractivity contribution >= 4 is 11.6 Å². The molecule has 0 N–H and O–H groups in total. The Morgan fingerprint density at radius 1 is 1.24 bits per heavy atom. The maximum Gasteiger partial charge on any atom is 0.343 e. The Bertz CT molecular complexity index is 1320. The zero-order valence-corrected chi connectivity index (χ0v) is 15.7. The summed E-state index contributed by atoms with van der Waals surface area (Å²) in [6.07, 6.45) is 3.42. The van der Waals surface area contributed by atoms with Crippen molar-refractivity contribution in [3.63, 3.8) is 0 Å². The monoisotopic (exact) mass is 388 g/mol. The van der Waals surface area contributed by atoms with E-state index in [0.717, 1.165) is 5.69 Å². The van der Waals surface area contributed by atoms with Gasteiger partial charge in [0.1, 0.15) is 35.2 Å². The van der Waals surface area contributed by atoms with Crippen LogP contribution in [0.25, 0.3) is 11.5 Å². The van der Waals surface area contributed by atoms with Gasteiger partial charge in [0.15, 0.2) is 0 Å². The Morgan fingerprint density at radius 3 is 2.72 bits per heavy atom. The molecule has 0 saturated heterocycles. The van der Waals surface area contributed by atoms with Crippen LogP contribution in [0.1, 0.15) is 33.1 Å². The van der Waals surface area contributed by atoms with Crippen LogP contribution in [0.3, 0.4) is 0 Å². The predicted molar refractivity (Wildman–Crippen MR) is 103 cm³/mol. The molecule has 0 amide bonds. The van der Waals surface area contributed by atoms with Gasteiger partial charge in [-0.3, -0.25) is 13.8 Å². The number of nitrogens with zero attached hydrogens (tertiary/aromatic N) is 4. The number of hydrogen-bond donors (Lipinski definition) is 0. The predicted octanol–water partition coefficient (Wildman–Crippen LogP) is 2.92. The number of fused-ring (bicyclic) bond motifs is 1. The second-order valence-corrected chi connectivity index (χ2v) is 6.44. The van der Waals surface area contributed by atoms with Gasteiger partial charge in [-0.15, -0.1) is 0 Å². The van der Waals surface area contributed by atoms with E-state index in [1.165, 1.54) is 10.5 Å². The first-order valence-electron chi connectivity index (χ1n) is 8.82. The summed E-state index contributed by atoms with van der Waals surface area (Å²) >= 11 is 0. The fourth-order valence-corrected chi connectivity index (χ4v) is 3.18. The minimum atomic E-state index is -0.715. The molecule has 8 heteroatoms. The van der Waals surface area contributed by atoms with E-state index in [9.17, 15) is 14.9 Å². The van der Waals surface area contributed by atoms with E-state index in [-0.39, 0.29) is 34.9 Å². The van der Waals surface area contributed by atoms with Gasteiger partial charge in [-0.25, -0.2) is 9.78 Å². The van der Waals surface area contributed by atoms with Crippen LogP contribution < -0.4 is 5.56 Å². The highest BCUT2D eigenvalue weighted by molar-refractivity contribution is 5.94. The van der Waals surface area contributed by atoms with Gasteiger partial charge < -0.3 is 9.15 Å². The molecule has 0 aliphatic carbocycles. The second kappa shape index (κ2) is 7.13. The maximum absolute atomic E-state index is 12.7. The first kappa shape index (κ1) is 18.3. The van der Waals surface area contributed by atoms with E-state index in [2.05, 4.69) is 4.98 Å². The van der Waals surface area contributed by atoms with E-state index < -0.39 is 5.97 Å². The lowest BCUT2D eigenvalue weighted by atomic mass is 10.1. The Morgan fingerprint density at radius 2 is 2.00 bits per heavy atom. The molecule has 0 fully saturated rings. The molecule has 8 nitrogen and oxygen atoms in total. The van der Waals surface area contributed by atoms with Crippen LogP contribution in [0.4, 0.5) is 0 Å². The standard InChI is InChI=1S/C21H16N4O4/c1-13-6-5-7-17-23-15(10-18(26)25(13)17)12-28-21(27)19-14(2)29-20(16(19)11-22)24-8-3-4-9-24/h3-10H,12H2,1-2H3. The Kier molecular flexibility index (Phi) is 4.49. The van der Waals surface area contributed by atoms with E-state index in [0.29, 0.717) is 11.3 Å². The highest BCUT2D eigenvalue weighted by Crippen LogP contribution is 2.26. The zero-order chi connectivity index (χ0) is 20.5. The van der Waals surface area contributed by atoms with Crippen LogP contribution in [0, 0.1) is 25.2 Å². The first-order valence-corrected chi connectivity index (χ1v) is 8.82. The molecule has 0 bridgehead atoms. The van der Waals surface area contributed by atoms with Crippen LogP contribution in [-0.2, 0) is 11.3 Å². The highest BCUT2D eigenvalue weighted by atomic mass is 16.5. The van der Waals surface area contributed by atoms with Gasteiger partial charge in [-0.1, -0.05) is 6.07 Å². The molecule has 29 heavy (non-hydrogen) atoms. The molecule has 4 heterocycles. The normalized spacial score (nSPS) is 10.8. The van der Waals surface area contributed by atoms with Gasteiger partial charge in [0.25, 0.3) is 5.56 Å². The summed E-state index contributed by atoms with van der Waals surface area (Å²) in [7, 11) is 0. The summed E-state index contributed by atoms with van der Waals surface area (Å²) in [6.45, 7) is 3.20. The Labute approximate surface area is 165 Å². The van der Waals surface area contributed by atoms with E-state index in [1.54, 1.807) is 48.1 Å². The van der Waals surface area contributed by atoms with Crippen LogP contribution in [0.5, 0.6) is 0 Å². The lowest BCUT2D eigenvalue weighted by molar-refractivity contribution is 0.0465. The van der Waals surface area contributed by atoms with Gasteiger partial charge in [0.05, 0.1) is 5.69 Å². The van der Waals surface area contributed by atoms with E-state index >= 15 is 0 Å². The fourth-order valence-electron chi connectivity index (χ4n) is 3.18. The molecule has 0 atom stereocenters. The van der Waals surface area contributed by atoms with Gasteiger partial charge in [0, 0.05) is 24.2 Å². The van der Waals surface area contributed by atoms with Crippen molar-refractivity contribution in [3.05, 3.63) is 87.4 Å². The van der Waals surface area contributed by atoms with Crippen LogP contribution in [0.15, 0.2) is 58.0 Å². The van der Waals surface area contributed by atoms with Gasteiger partial charge in [-0.05, 0) is 38.1 Å². The molecule has 0 unspecified atom stereocenters. The van der Waals surface area contributed by atoms with Crippen molar-refractivity contribution in [1.29, 1.82) is 5.26 Å². The molecule has 0 radical (unpaired) electrons. The molecule has 4 aromatic heterocycles. The van der Waals surface area contributed by atoms with Crippen LogP contribution in [-0.4, -0.2) is 19.9 Å². The summed E-state index contributed by atoms with van der Waals surface area (Å²) in [4.78, 5) is 29.4. The molecule has 0 aliphatic rings. The number of esters is 1. The number of aryl methyl sites for hydroxylation is 2. The second-order valence-electron chi connectivity index (χ2n) is 6.44. The average Bonchev–Trinajstić information content (AvgIpc) is 3.33. The molecule has 0 spiro atoms. The van der Waals surface area contributed by atoms with Gasteiger partial charge in [-0.2, -0.15) is 5.26 Å². The van der Waals surface area contributed by atoms with Crippen molar-refractivity contribution in [1.82, 2.24) is 14.0 Å². The number of furan rings is 1. The lowest BCUT2D eigenvalue weighted by Crippen LogP contribution is -2.18. The molecule has 144 valence electrons. The summed E-state index contributed by atoms with van der Waals surface area (Å²) in [6, 6.07) is 12.2. The topological polar surface area (TPSA) is 103 Å². The zero-order valence-electron chi connectivity index (χ0n) is 15.7. The summed E-state index contributed by atoms with van der Waals surface area (Å²) in [5, 5.41) is 9.54. The first-order chi connectivity index (χ1) is 14.0. The Hall–Kier alpha value is -4.12. The molecular weight excluding hydrogens is 372 g/mol. The molecule has 0 saturated carbocycles. The lowest BCUT2D eigenvalue weighted by Gasteiger charge is -2.07. The largest absolute Gasteiger partial charge is 0.455 e. The van der Waals surface area contributed by atoms with Crippen molar-refractivity contribution in [2.75, 3.05) is 0 Å². The molecule has 0 aliphatic heterocycles. The van der Waals surface area contributed by atoms with Crippen molar-refractivity contribution < 1.29 is 13.9 Å². The fraction of sp³-hybridized carbons (Fsp3) is 0.143. The number of aromatic nitrogens is 3. The van der Waals surface area contributed by atoms with E-state index in [1.807, 2.05) is 19.1 Å². The summed E-state index contributed by atoms with van der Waals surface area (Å²) in [5.41, 5.74) is 1.44. The smallest absolute Gasteiger partial charge is 0.343 e. The highest BCUT2D eigenvalue weighted by Gasteiger charge is 2.26. The molecule has 4 aromatic rings. The van der Waals surface area contributed by atoms with Crippen LogP contribution >= 0.6 is 0 Å². The van der Waals surface area contributed by atoms with Crippen molar-refractivity contribution in [2.45, 2.75) is 20.5 Å². The Balaban J connectivity index is 1.62.